The molecule has 1 aliphatic rings. The van der Waals surface area contributed by atoms with Crippen LogP contribution in [0.1, 0.15) is 58.1 Å². The van der Waals surface area contributed by atoms with Crippen LogP contribution in [0.5, 0.6) is 0 Å². The molecule has 27 heavy (non-hydrogen) atoms. The Morgan fingerprint density at radius 1 is 1.22 bits per heavy atom. The number of nitrogens with one attached hydrogen (secondary N) is 2. The number of hydrogen-bond donors (Lipinski definition) is 2. The van der Waals surface area contributed by atoms with Crippen LogP contribution in [0.4, 0.5) is 0 Å². The number of piperidine rings is 1. The molecule has 2 N–H and O–H groups in total. The van der Waals surface area contributed by atoms with Crippen molar-refractivity contribution in [3.05, 3.63) is 35.9 Å². The van der Waals surface area contributed by atoms with E-state index in [-0.39, 0.29) is 6.10 Å². The van der Waals surface area contributed by atoms with Gasteiger partial charge < -0.3 is 20.3 Å². The number of hydrogen-bond acceptors (Lipinski definition) is 3. The van der Waals surface area contributed by atoms with Crippen molar-refractivity contribution in [2.45, 2.75) is 58.6 Å². The van der Waals surface area contributed by atoms with Crippen molar-refractivity contribution in [3.8, 4) is 0 Å². The van der Waals surface area contributed by atoms with Gasteiger partial charge in [0.1, 0.15) is 0 Å². The van der Waals surface area contributed by atoms with E-state index in [0.29, 0.717) is 6.04 Å². The lowest BCUT2D eigenvalue weighted by Gasteiger charge is -2.32. The molecule has 1 aromatic rings. The molecule has 1 aromatic carbocycles. The molecule has 2 rings (SSSR count). The Balaban J connectivity index is 1.67. The zero-order valence-electron chi connectivity index (χ0n) is 17.4. The van der Waals surface area contributed by atoms with Gasteiger partial charge in [-0.15, -0.1) is 0 Å². The van der Waals surface area contributed by atoms with Gasteiger partial charge in [0, 0.05) is 38.8 Å². The number of rotatable bonds is 10. The first-order valence-electron chi connectivity index (χ1n) is 10.7. The van der Waals surface area contributed by atoms with E-state index in [2.05, 4.69) is 60.6 Å². The molecule has 0 aromatic heterocycles. The molecule has 1 atom stereocenters. The van der Waals surface area contributed by atoms with Crippen molar-refractivity contribution in [1.29, 1.82) is 0 Å². The van der Waals surface area contributed by atoms with Crippen LogP contribution in [-0.4, -0.2) is 56.2 Å². The minimum Gasteiger partial charge on any atom is -0.374 e. The van der Waals surface area contributed by atoms with Gasteiger partial charge in [-0.2, -0.15) is 0 Å². The minimum absolute atomic E-state index is 0.134. The fourth-order valence-electron chi connectivity index (χ4n) is 3.47. The Kier molecular flexibility index (Phi) is 10.2. The number of benzene rings is 1. The van der Waals surface area contributed by atoms with Crippen LogP contribution in [0.3, 0.4) is 0 Å². The molecule has 152 valence electrons. The number of guanidine groups is 1. The summed E-state index contributed by atoms with van der Waals surface area (Å²) in [6, 6.07) is 10.9. The summed E-state index contributed by atoms with van der Waals surface area (Å²) in [5, 5.41) is 6.99. The fourth-order valence-corrected chi connectivity index (χ4v) is 3.47. The predicted molar refractivity (Wildman–Crippen MR) is 114 cm³/mol. The molecule has 0 amide bonds. The van der Waals surface area contributed by atoms with Crippen LogP contribution in [-0.2, 0) is 4.74 Å². The maximum absolute atomic E-state index is 5.94. The number of likely N-dealkylation sites (tertiary alicyclic amines) is 1. The molecule has 0 spiro atoms. The van der Waals surface area contributed by atoms with Crippen LogP contribution in [0.15, 0.2) is 35.3 Å². The molecule has 0 bridgehead atoms. The van der Waals surface area contributed by atoms with Crippen molar-refractivity contribution in [2.24, 2.45) is 4.99 Å². The second-order valence-electron chi connectivity index (χ2n) is 7.30. The number of nitrogens with zero attached hydrogens (tertiary/aromatic N) is 2. The molecule has 0 radical (unpaired) electrons. The monoisotopic (exact) mass is 374 g/mol. The third-order valence-electron chi connectivity index (χ3n) is 5.02. The lowest BCUT2D eigenvalue weighted by molar-refractivity contribution is 0.0652. The standard InChI is InChI=1S/C22H38N4O/c1-4-15-26-16-12-21(13-17-26)25-22(23-5-2)24-14-9-18-27-19(3)20-10-7-6-8-11-20/h6-8,10-11,19,21H,4-5,9,12-18H2,1-3H3,(H2,23,24,25). The van der Waals surface area contributed by atoms with Crippen molar-refractivity contribution in [2.75, 3.05) is 39.3 Å². The van der Waals surface area contributed by atoms with Gasteiger partial charge in [0.05, 0.1) is 6.10 Å². The van der Waals surface area contributed by atoms with Gasteiger partial charge in [0.25, 0.3) is 0 Å². The molecule has 5 nitrogen and oxygen atoms in total. The van der Waals surface area contributed by atoms with E-state index in [1.165, 1.54) is 44.5 Å². The summed E-state index contributed by atoms with van der Waals surface area (Å²) in [7, 11) is 0. The third-order valence-corrected chi connectivity index (χ3v) is 5.02. The predicted octanol–water partition coefficient (Wildman–Crippen LogP) is 3.58. The lowest BCUT2D eigenvalue weighted by atomic mass is 10.1. The van der Waals surface area contributed by atoms with Crippen molar-refractivity contribution in [1.82, 2.24) is 15.5 Å². The second-order valence-corrected chi connectivity index (χ2v) is 7.30. The topological polar surface area (TPSA) is 48.9 Å². The molecular weight excluding hydrogens is 336 g/mol. The highest BCUT2D eigenvalue weighted by molar-refractivity contribution is 5.80. The molecule has 5 heteroatoms. The second kappa shape index (κ2) is 12.7. The Morgan fingerprint density at radius 3 is 2.63 bits per heavy atom. The van der Waals surface area contributed by atoms with E-state index in [4.69, 9.17) is 9.73 Å². The summed E-state index contributed by atoms with van der Waals surface area (Å²) in [4.78, 5) is 7.30. The van der Waals surface area contributed by atoms with Crippen LogP contribution < -0.4 is 10.6 Å². The van der Waals surface area contributed by atoms with E-state index in [1.807, 2.05) is 6.07 Å². The van der Waals surface area contributed by atoms with Crippen molar-refractivity contribution in [3.63, 3.8) is 0 Å². The van der Waals surface area contributed by atoms with Gasteiger partial charge in [-0.3, -0.25) is 4.99 Å². The molecule has 0 aliphatic carbocycles. The molecule has 1 heterocycles. The average Bonchev–Trinajstić information content (AvgIpc) is 2.70. The highest BCUT2D eigenvalue weighted by atomic mass is 16.5. The normalized spacial score (nSPS) is 17.7. The summed E-state index contributed by atoms with van der Waals surface area (Å²) >= 11 is 0. The molecular formula is C22H38N4O. The maximum atomic E-state index is 5.94. The van der Waals surface area contributed by atoms with Gasteiger partial charge in [-0.25, -0.2) is 0 Å². The van der Waals surface area contributed by atoms with Crippen LogP contribution in [0.2, 0.25) is 0 Å². The smallest absolute Gasteiger partial charge is 0.191 e. The lowest BCUT2D eigenvalue weighted by Crippen LogP contribution is -2.48. The Morgan fingerprint density at radius 2 is 1.96 bits per heavy atom. The van der Waals surface area contributed by atoms with Gasteiger partial charge in [-0.1, -0.05) is 37.3 Å². The summed E-state index contributed by atoms with van der Waals surface area (Å²) in [6.07, 6.45) is 4.70. The first kappa shape index (κ1) is 21.7. The van der Waals surface area contributed by atoms with Gasteiger partial charge in [-0.05, 0) is 51.6 Å². The minimum atomic E-state index is 0.134. The number of aliphatic imine (C=N–C) groups is 1. The van der Waals surface area contributed by atoms with Gasteiger partial charge in [0.15, 0.2) is 5.96 Å². The SMILES string of the molecule is CCCN1CCC(NC(=NCCCOC(C)c2ccccc2)NCC)CC1. The third kappa shape index (κ3) is 8.31. The van der Waals surface area contributed by atoms with Gasteiger partial charge in [0.2, 0.25) is 0 Å². The largest absolute Gasteiger partial charge is 0.374 e. The summed E-state index contributed by atoms with van der Waals surface area (Å²) in [5.74, 6) is 0.947. The van der Waals surface area contributed by atoms with Crippen molar-refractivity contribution < 1.29 is 4.74 Å². The van der Waals surface area contributed by atoms with E-state index in [9.17, 15) is 0 Å². The van der Waals surface area contributed by atoms with Gasteiger partial charge >= 0.3 is 0 Å². The quantitative estimate of drug-likeness (QED) is 0.373. The Hall–Kier alpha value is -1.59. The average molecular weight is 375 g/mol. The first-order chi connectivity index (χ1) is 13.2. The summed E-state index contributed by atoms with van der Waals surface area (Å²) < 4.78 is 5.94. The van der Waals surface area contributed by atoms with E-state index >= 15 is 0 Å². The maximum Gasteiger partial charge on any atom is 0.191 e. The molecule has 1 unspecified atom stereocenters. The first-order valence-corrected chi connectivity index (χ1v) is 10.7. The van der Waals surface area contributed by atoms with Crippen LogP contribution >= 0.6 is 0 Å². The van der Waals surface area contributed by atoms with E-state index in [0.717, 1.165) is 32.1 Å². The summed E-state index contributed by atoms with van der Waals surface area (Å²) in [5.41, 5.74) is 1.23. The number of ether oxygens (including phenoxy) is 1. The van der Waals surface area contributed by atoms with Crippen LogP contribution in [0, 0.1) is 0 Å². The van der Waals surface area contributed by atoms with E-state index < -0.39 is 0 Å². The molecule has 1 aliphatic heterocycles. The molecule has 1 fully saturated rings. The molecule has 1 saturated heterocycles. The fraction of sp³-hybridized carbons (Fsp3) is 0.682. The van der Waals surface area contributed by atoms with E-state index in [1.54, 1.807) is 0 Å². The van der Waals surface area contributed by atoms with Crippen molar-refractivity contribution >= 4 is 5.96 Å². The Labute approximate surface area is 165 Å². The zero-order chi connectivity index (χ0) is 19.3. The summed E-state index contributed by atoms with van der Waals surface area (Å²) in [6.45, 7) is 12.5. The zero-order valence-corrected chi connectivity index (χ0v) is 17.4. The highest BCUT2D eigenvalue weighted by Crippen LogP contribution is 2.15. The van der Waals surface area contributed by atoms with Crippen LogP contribution in [0.25, 0.3) is 0 Å². The molecule has 0 saturated carbocycles. The Bertz CT molecular complexity index is 526. The highest BCUT2D eigenvalue weighted by Gasteiger charge is 2.19.